The van der Waals surface area contributed by atoms with Crippen LogP contribution >= 0.6 is 27.7 Å². The summed E-state index contributed by atoms with van der Waals surface area (Å²) in [4.78, 5) is 12.3. The number of hydrogen-bond acceptors (Lipinski definition) is 5. The maximum Gasteiger partial charge on any atom is 0.230 e. The number of carbonyl (C=O) groups is 1. The summed E-state index contributed by atoms with van der Waals surface area (Å²) in [5.41, 5.74) is 0.599. The van der Waals surface area contributed by atoms with Gasteiger partial charge in [0.05, 0.1) is 11.3 Å². The smallest absolute Gasteiger partial charge is 0.230 e. The van der Waals surface area contributed by atoms with Crippen LogP contribution in [-0.2, 0) is 11.8 Å². The maximum atomic E-state index is 12.3. The van der Waals surface area contributed by atoms with Gasteiger partial charge < -0.3 is 15.0 Å². The molecule has 8 heteroatoms. The molecule has 0 bridgehead atoms. The summed E-state index contributed by atoms with van der Waals surface area (Å²) in [6.45, 7) is 2.21. The molecule has 6 nitrogen and oxygen atoms in total. The Hall–Kier alpha value is -1.54. The van der Waals surface area contributed by atoms with Crippen LogP contribution in [0.2, 0.25) is 0 Å². The summed E-state index contributed by atoms with van der Waals surface area (Å²) in [6.07, 6.45) is 4.69. The Labute approximate surface area is 165 Å². The molecule has 2 aromatic rings. The first-order chi connectivity index (χ1) is 12.5. The predicted octanol–water partition coefficient (Wildman–Crippen LogP) is 3.74. The highest BCUT2D eigenvalue weighted by atomic mass is 79.9. The molecule has 140 valence electrons. The number of thioether (sulfide) groups is 1. The third-order valence-corrected chi connectivity index (χ3v) is 6.34. The zero-order chi connectivity index (χ0) is 18.7. The van der Waals surface area contributed by atoms with Gasteiger partial charge in [-0.15, -0.1) is 10.2 Å². The van der Waals surface area contributed by atoms with E-state index in [2.05, 4.69) is 38.4 Å². The topological polar surface area (TPSA) is 80.0 Å². The van der Waals surface area contributed by atoms with E-state index in [0.717, 1.165) is 10.9 Å². The second-order valence-electron chi connectivity index (χ2n) is 6.75. The van der Waals surface area contributed by atoms with Gasteiger partial charge in [-0.25, -0.2) is 0 Å². The molecule has 0 saturated heterocycles. The van der Waals surface area contributed by atoms with Crippen molar-refractivity contribution in [1.82, 2.24) is 20.1 Å². The molecule has 26 heavy (non-hydrogen) atoms. The summed E-state index contributed by atoms with van der Waals surface area (Å²) >= 11 is 4.75. The Balaban J connectivity index is 1.63. The van der Waals surface area contributed by atoms with Gasteiger partial charge in [-0.3, -0.25) is 4.79 Å². The lowest BCUT2D eigenvalue weighted by Crippen LogP contribution is -2.41. The van der Waals surface area contributed by atoms with Crippen molar-refractivity contribution >= 4 is 33.6 Å². The van der Waals surface area contributed by atoms with Gasteiger partial charge >= 0.3 is 0 Å². The van der Waals surface area contributed by atoms with Gasteiger partial charge in [0.1, 0.15) is 5.75 Å². The zero-order valence-electron chi connectivity index (χ0n) is 14.9. The van der Waals surface area contributed by atoms with E-state index in [1.54, 1.807) is 22.8 Å². The molecule has 1 fully saturated rings. The highest BCUT2D eigenvalue weighted by Crippen LogP contribution is 2.32. The normalized spacial score (nSPS) is 20.1. The molecule has 0 spiro atoms. The van der Waals surface area contributed by atoms with Crippen molar-refractivity contribution in [3.63, 3.8) is 0 Å². The van der Waals surface area contributed by atoms with E-state index in [4.69, 9.17) is 0 Å². The Kier molecular flexibility index (Phi) is 6.24. The van der Waals surface area contributed by atoms with E-state index >= 15 is 0 Å². The maximum absolute atomic E-state index is 12.3. The minimum absolute atomic E-state index is 0.0311. The van der Waals surface area contributed by atoms with Crippen molar-refractivity contribution in [2.24, 2.45) is 13.0 Å². The summed E-state index contributed by atoms with van der Waals surface area (Å²) in [6, 6.07) is 5.46. The number of nitrogens with one attached hydrogen (secondary N) is 1. The number of hydrogen-bond donors (Lipinski definition) is 2. The molecule has 1 aromatic carbocycles. The van der Waals surface area contributed by atoms with Crippen LogP contribution in [0.5, 0.6) is 5.75 Å². The molecule has 1 aliphatic carbocycles. The van der Waals surface area contributed by atoms with Gasteiger partial charge in [0, 0.05) is 17.6 Å². The fourth-order valence-corrected chi connectivity index (χ4v) is 4.36. The zero-order valence-corrected chi connectivity index (χ0v) is 17.3. The van der Waals surface area contributed by atoms with E-state index in [0.29, 0.717) is 28.2 Å². The lowest BCUT2D eigenvalue weighted by atomic mass is 9.86. The van der Waals surface area contributed by atoms with Gasteiger partial charge in [0.15, 0.2) is 11.0 Å². The predicted molar refractivity (Wildman–Crippen MR) is 106 cm³/mol. The van der Waals surface area contributed by atoms with Crippen molar-refractivity contribution in [3.8, 4) is 17.1 Å². The monoisotopic (exact) mass is 438 g/mol. The average molecular weight is 439 g/mol. The van der Waals surface area contributed by atoms with Gasteiger partial charge in [0.25, 0.3) is 0 Å². The fraction of sp³-hybridized carbons (Fsp3) is 0.500. The quantitative estimate of drug-likeness (QED) is 0.694. The SMILES string of the molecule is C[C@@H]1CCCC[C@@H]1NC(=O)CSc1nnc(-c2cc(Br)ccc2O)n1C. The highest BCUT2D eigenvalue weighted by molar-refractivity contribution is 9.10. The lowest BCUT2D eigenvalue weighted by Gasteiger charge is -2.29. The van der Waals surface area contributed by atoms with Crippen LogP contribution in [-0.4, -0.2) is 37.6 Å². The van der Waals surface area contributed by atoms with Crippen molar-refractivity contribution in [2.75, 3.05) is 5.75 Å². The number of rotatable bonds is 5. The molecule has 3 rings (SSSR count). The number of phenolic OH excluding ortho intramolecular Hbond substituents is 1. The number of amides is 1. The molecule has 2 N–H and O–H groups in total. The number of phenols is 1. The molecule has 1 amide bonds. The van der Waals surface area contributed by atoms with Crippen LogP contribution in [0.1, 0.15) is 32.6 Å². The summed E-state index contributed by atoms with van der Waals surface area (Å²) < 4.78 is 2.64. The van der Waals surface area contributed by atoms with Gasteiger partial charge in [0.2, 0.25) is 5.91 Å². The minimum Gasteiger partial charge on any atom is -0.507 e. The molecule has 2 atom stereocenters. The number of halogens is 1. The van der Waals surface area contributed by atoms with Crippen LogP contribution in [0.3, 0.4) is 0 Å². The van der Waals surface area contributed by atoms with Crippen molar-refractivity contribution < 1.29 is 9.90 Å². The van der Waals surface area contributed by atoms with E-state index in [1.807, 2.05) is 7.05 Å². The Morgan fingerprint density at radius 3 is 2.92 bits per heavy atom. The van der Waals surface area contributed by atoms with Crippen molar-refractivity contribution in [2.45, 2.75) is 43.8 Å². The van der Waals surface area contributed by atoms with Crippen molar-refractivity contribution in [1.29, 1.82) is 0 Å². The molecular weight excluding hydrogens is 416 g/mol. The fourth-order valence-electron chi connectivity index (χ4n) is 3.27. The third kappa shape index (κ3) is 4.40. The lowest BCUT2D eigenvalue weighted by molar-refractivity contribution is -0.119. The first kappa shape index (κ1) is 19.2. The van der Waals surface area contributed by atoms with Crippen LogP contribution in [0, 0.1) is 5.92 Å². The second kappa shape index (κ2) is 8.43. The number of nitrogens with zero attached hydrogens (tertiary/aromatic N) is 3. The molecule has 0 unspecified atom stereocenters. The molecule has 1 saturated carbocycles. The Bertz CT molecular complexity index is 795. The van der Waals surface area contributed by atoms with E-state index < -0.39 is 0 Å². The molecule has 0 radical (unpaired) electrons. The second-order valence-corrected chi connectivity index (χ2v) is 8.61. The standard InChI is InChI=1S/C18H23BrN4O2S/c1-11-5-3-4-6-14(11)20-16(25)10-26-18-22-21-17(23(18)2)13-9-12(19)7-8-15(13)24/h7-9,11,14,24H,3-6,10H2,1-2H3,(H,20,25)/t11-,14+/m1/s1. The van der Waals surface area contributed by atoms with Crippen LogP contribution in [0.4, 0.5) is 0 Å². The molecule has 1 heterocycles. The first-order valence-corrected chi connectivity index (χ1v) is 10.5. The number of benzene rings is 1. The van der Waals surface area contributed by atoms with Gasteiger partial charge in [-0.05, 0) is 37.0 Å². The van der Waals surface area contributed by atoms with Crippen LogP contribution < -0.4 is 5.32 Å². The Morgan fingerprint density at radius 2 is 2.15 bits per heavy atom. The molecule has 1 aromatic heterocycles. The van der Waals surface area contributed by atoms with Gasteiger partial charge in [-0.2, -0.15) is 0 Å². The number of aromatic hydroxyl groups is 1. The largest absolute Gasteiger partial charge is 0.507 e. The van der Waals surface area contributed by atoms with E-state index in [-0.39, 0.29) is 17.7 Å². The Morgan fingerprint density at radius 1 is 1.38 bits per heavy atom. The summed E-state index contributed by atoms with van der Waals surface area (Å²) in [5.74, 6) is 1.58. The molecule has 1 aliphatic rings. The highest BCUT2D eigenvalue weighted by Gasteiger charge is 2.23. The van der Waals surface area contributed by atoms with E-state index in [1.165, 1.54) is 31.0 Å². The third-order valence-electron chi connectivity index (χ3n) is 4.82. The van der Waals surface area contributed by atoms with Crippen LogP contribution in [0.25, 0.3) is 11.4 Å². The summed E-state index contributed by atoms with van der Waals surface area (Å²) in [7, 11) is 1.83. The molecular formula is C18H23BrN4O2S. The van der Waals surface area contributed by atoms with Crippen LogP contribution in [0.15, 0.2) is 27.8 Å². The average Bonchev–Trinajstić information content (AvgIpc) is 2.98. The van der Waals surface area contributed by atoms with Gasteiger partial charge in [-0.1, -0.05) is 47.5 Å². The minimum atomic E-state index is 0.0311. The first-order valence-electron chi connectivity index (χ1n) is 8.76. The number of aromatic nitrogens is 3. The van der Waals surface area contributed by atoms with E-state index in [9.17, 15) is 9.90 Å². The summed E-state index contributed by atoms with van der Waals surface area (Å²) in [5, 5.41) is 22.2. The number of carbonyl (C=O) groups excluding carboxylic acids is 1. The van der Waals surface area contributed by atoms with Crippen molar-refractivity contribution in [3.05, 3.63) is 22.7 Å². The molecule has 0 aliphatic heterocycles.